The van der Waals surface area contributed by atoms with E-state index in [4.69, 9.17) is 11.6 Å². The highest BCUT2D eigenvalue weighted by Crippen LogP contribution is 2.50. The molecule has 0 saturated heterocycles. The lowest BCUT2D eigenvalue weighted by Gasteiger charge is -2.07. The van der Waals surface area contributed by atoms with Crippen LogP contribution in [0.15, 0.2) is 18.3 Å². The number of nitrogens with one attached hydrogen (secondary N) is 2. The zero-order valence-electron chi connectivity index (χ0n) is 8.71. The summed E-state index contributed by atoms with van der Waals surface area (Å²) in [6.07, 6.45) is 1.06. The molecule has 1 aliphatic rings. The number of hydrogen-bond donors (Lipinski definition) is 2. The molecule has 1 unspecified atom stereocenters. The number of anilines is 1. The first kappa shape index (κ1) is 12.0. The molecule has 17 heavy (non-hydrogen) atoms. The van der Waals surface area contributed by atoms with Crippen LogP contribution in [-0.4, -0.2) is 16.8 Å². The van der Waals surface area contributed by atoms with Crippen molar-refractivity contribution in [2.24, 2.45) is 5.92 Å². The standard InChI is InChI=1S/C10H10ClF2N3O/c11-7-1-2-14-8(4-7)15-16-9(17)3-6-5-10(6,12)13/h1-2,4,6H,3,5H2,(H,14,15)(H,16,17). The maximum Gasteiger partial charge on any atom is 0.252 e. The number of hydrazine groups is 1. The van der Waals surface area contributed by atoms with Gasteiger partial charge in [-0.15, -0.1) is 0 Å². The van der Waals surface area contributed by atoms with Gasteiger partial charge >= 0.3 is 0 Å². The Morgan fingerprint density at radius 2 is 2.35 bits per heavy atom. The molecule has 0 radical (unpaired) electrons. The highest BCUT2D eigenvalue weighted by Gasteiger charge is 2.57. The predicted octanol–water partition coefficient (Wildman–Crippen LogP) is 2.22. The minimum absolute atomic E-state index is 0.194. The van der Waals surface area contributed by atoms with Crippen LogP contribution in [0.4, 0.5) is 14.6 Å². The van der Waals surface area contributed by atoms with Crippen LogP contribution in [0.25, 0.3) is 0 Å². The summed E-state index contributed by atoms with van der Waals surface area (Å²) >= 11 is 5.70. The van der Waals surface area contributed by atoms with Crippen molar-refractivity contribution in [3.8, 4) is 0 Å². The summed E-state index contributed by atoms with van der Waals surface area (Å²) in [6, 6.07) is 3.09. The van der Waals surface area contributed by atoms with Gasteiger partial charge in [-0.2, -0.15) is 0 Å². The monoisotopic (exact) mass is 261 g/mol. The minimum Gasteiger partial charge on any atom is -0.282 e. The molecule has 4 nitrogen and oxygen atoms in total. The zero-order chi connectivity index (χ0) is 12.5. The SMILES string of the molecule is O=C(CC1CC1(F)F)NNc1cc(Cl)ccn1. The topological polar surface area (TPSA) is 54.0 Å². The summed E-state index contributed by atoms with van der Waals surface area (Å²) in [5.41, 5.74) is 4.80. The average molecular weight is 262 g/mol. The Hall–Kier alpha value is -1.43. The first-order valence-electron chi connectivity index (χ1n) is 5.01. The third-order valence-corrected chi connectivity index (χ3v) is 2.67. The fraction of sp³-hybridized carbons (Fsp3) is 0.400. The number of carbonyl (C=O) groups is 1. The number of rotatable bonds is 4. The second-order valence-corrected chi connectivity index (χ2v) is 4.34. The van der Waals surface area contributed by atoms with Gasteiger partial charge in [0.05, 0.1) is 0 Å². The normalized spacial score (nSPS) is 20.8. The Kier molecular flexibility index (Phi) is 3.15. The molecule has 1 heterocycles. The van der Waals surface area contributed by atoms with Crippen LogP contribution in [-0.2, 0) is 4.79 Å². The number of nitrogens with zero attached hydrogens (tertiary/aromatic N) is 1. The van der Waals surface area contributed by atoms with E-state index in [9.17, 15) is 13.6 Å². The number of halogens is 3. The van der Waals surface area contributed by atoms with Crippen LogP contribution in [0.1, 0.15) is 12.8 Å². The van der Waals surface area contributed by atoms with Crippen molar-refractivity contribution in [3.05, 3.63) is 23.4 Å². The molecule has 0 aromatic carbocycles. The summed E-state index contributed by atoms with van der Waals surface area (Å²) in [4.78, 5) is 15.1. The summed E-state index contributed by atoms with van der Waals surface area (Å²) < 4.78 is 25.1. The first-order valence-corrected chi connectivity index (χ1v) is 5.39. The molecule has 0 spiro atoms. The molecule has 0 aliphatic heterocycles. The van der Waals surface area contributed by atoms with E-state index in [-0.39, 0.29) is 12.8 Å². The van der Waals surface area contributed by atoms with E-state index in [2.05, 4.69) is 15.8 Å². The van der Waals surface area contributed by atoms with E-state index in [1.165, 1.54) is 12.3 Å². The van der Waals surface area contributed by atoms with Crippen molar-refractivity contribution in [2.45, 2.75) is 18.8 Å². The molecule has 1 atom stereocenters. The van der Waals surface area contributed by atoms with E-state index in [1.54, 1.807) is 6.07 Å². The lowest BCUT2D eigenvalue weighted by Crippen LogP contribution is -2.30. The van der Waals surface area contributed by atoms with Crippen molar-refractivity contribution in [2.75, 3.05) is 5.43 Å². The molecular formula is C10H10ClF2N3O. The second kappa shape index (κ2) is 4.44. The first-order chi connectivity index (χ1) is 7.97. The average Bonchev–Trinajstić information content (AvgIpc) is 2.83. The molecule has 2 rings (SSSR count). The number of hydrogen-bond acceptors (Lipinski definition) is 3. The Morgan fingerprint density at radius 1 is 1.65 bits per heavy atom. The number of pyridine rings is 1. The van der Waals surface area contributed by atoms with Crippen LogP contribution < -0.4 is 10.9 Å². The van der Waals surface area contributed by atoms with Gasteiger partial charge in [0.2, 0.25) is 5.91 Å². The smallest absolute Gasteiger partial charge is 0.252 e. The molecule has 1 amide bonds. The third kappa shape index (κ3) is 3.26. The lowest BCUT2D eigenvalue weighted by atomic mass is 10.3. The van der Waals surface area contributed by atoms with E-state index < -0.39 is 17.7 Å². The largest absolute Gasteiger partial charge is 0.282 e. The lowest BCUT2D eigenvalue weighted by molar-refractivity contribution is -0.121. The summed E-state index contributed by atoms with van der Waals surface area (Å²) in [5, 5.41) is 0.463. The molecule has 1 aromatic rings. The van der Waals surface area contributed by atoms with Gasteiger partial charge in [-0.3, -0.25) is 15.6 Å². The van der Waals surface area contributed by atoms with Gasteiger partial charge in [-0.25, -0.2) is 13.8 Å². The maximum absolute atomic E-state index is 12.5. The van der Waals surface area contributed by atoms with Gasteiger partial charge in [0.25, 0.3) is 5.92 Å². The van der Waals surface area contributed by atoms with Gasteiger partial charge in [0, 0.05) is 36.0 Å². The van der Waals surface area contributed by atoms with Crippen LogP contribution >= 0.6 is 11.6 Å². The summed E-state index contributed by atoms with van der Waals surface area (Å²) in [7, 11) is 0. The van der Waals surface area contributed by atoms with Crippen LogP contribution in [0, 0.1) is 5.92 Å². The zero-order valence-corrected chi connectivity index (χ0v) is 9.47. The van der Waals surface area contributed by atoms with Crippen molar-refractivity contribution < 1.29 is 13.6 Å². The Bertz CT molecular complexity index is 441. The molecular weight excluding hydrogens is 252 g/mol. The van der Waals surface area contributed by atoms with Crippen LogP contribution in [0.3, 0.4) is 0 Å². The Morgan fingerprint density at radius 3 is 2.94 bits per heavy atom. The van der Waals surface area contributed by atoms with Crippen LogP contribution in [0.2, 0.25) is 5.02 Å². The molecule has 2 N–H and O–H groups in total. The van der Waals surface area contributed by atoms with Crippen molar-refractivity contribution in [3.63, 3.8) is 0 Å². The highest BCUT2D eigenvalue weighted by molar-refractivity contribution is 6.30. The fourth-order valence-electron chi connectivity index (χ4n) is 1.37. The van der Waals surface area contributed by atoms with E-state index in [0.29, 0.717) is 10.8 Å². The number of carbonyl (C=O) groups excluding carboxylic acids is 1. The third-order valence-electron chi connectivity index (χ3n) is 2.44. The summed E-state index contributed by atoms with van der Waals surface area (Å²) in [5.74, 6) is -3.65. The Labute approximate surface area is 101 Å². The van der Waals surface area contributed by atoms with E-state index >= 15 is 0 Å². The number of aromatic nitrogens is 1. The molecule has 92 valence electrons. The minimum atomic E-state index is -2.67. The quantitative estimate of drug-likeness (QED) is 0.817. The Balaban J connectivity index is 1.77. The maximum atomic E-state index is 12.5. The molecule has 7 heteroatoms. The van der Waals surface area contributed by atoms with Crippen molar-refractivity contribution in [1.29, 1.82) is 0 Å². The molecule has 0 bridgehead atoms. The molecule has 1 aliphatic carbocycles. The molecule has 1 fully saturated rings. The van der Waals surface area contributed by atoms with Crippen molar-refractivity contribution in [1.82, 2.24) is 10.4 Å². The summed E-state index contributed by atoms with van der Waals surface area (Å²) in [6.45, 7) is 0. The van der Waals surface area contributed by atoms with Gasteiger partial charge in [-0.05, 0) is 6.07 Å². The number of amides is 1. The van der Waals surface area contributed by atoms with Crippen LogP contribution in [0.5, 0.6) is 0 Å². The second-order valence-electron chi connectivity index (χ2n) is 3.90. The van der Waals surface area contributed by atoms with Gasteiger partial charge in [0.15, 0.2) is 0 Å². The predicted molar refractivity (Wildman–Crippen MR) is 58.7 cm³/mol. The van der Waals surface area contributed by atoms with E-state index in [0.717, 1.165) is 0 Å². The van der Waals surface area contributed by atoms with Crippen molar-refractivity contribution >= 4 is 23.3 Å². The molecule has 1 saturated carbocycles. The highest BCUT2D eigenvalue weighted by atomic mass is 35.5. The number of alkyl halides is 2. The fourth-order valence-corrected chi connectivity index (χ4v) is 1.53. The van der Waals surface area contributed by atoms with Gasteiger partial charge < -0.3 is 0 Å². The van der Waals surface area contributed by atoms with Gasteiger partial charge in [-0.1, -0.05) is 11.6 Å². The van der Waals surface area contributed by atoms with Gasteiger partial charge in [0.1, 0.15) is 5.82 Å². The molecule has 1 aromatic heterocycles. The van der Waals surface area contributed by atoms with E-state index in [1.807, 2.05) is 0 Å².